The molecule has 4 heterocycles. The van der Waals surface area contributed by atoms with Crippen LogP contribution in [0, 0.1) is 6.92 Å². The van der Waals surface area contributed by atoms with Gasteiger partial charge in [0.25, 0.3) is 0 Å². The van der Waals surface area contributed by atoms with Crippen molar-refractivity contribution in [3.63, 3.8) is 0 Å². The van der Waals surface area contributed by atoms with Crippen molar-refractivity contribution in [3.8, 4) is 0 Å². The number of amides is 1. The summed E-state index contributed by atoms with van der Waals surface area (Å²) in [7, 11) is 0. The maximum atomic E-state index is 12.6. The molecule has 1 aliphatic rings. The minimum atomic E-state index is -0.191. The number of hydrogen-bond donors (Lipinski definition) is 4. The average molecular weight is 398 g/mol. The Kier molecular flexibility index (Phi) is 5.30. The molecule has 0 spiro atoms. The molecule has 3 aromatic rings. The number of fused-ring (bicyclic) bond motifs is 1. The molecule has 11 nitrogen and oxygen atoms in total. The highest BCUT2D eigenvalue weighted by atomic mass is 16.2. The minimum Gasteiger partial charge on any atom is -0.368 e. The topological polar surface area (TPSA) is 141 Å². The van der Waals surface area contributed by atoms with E-state index in [-0.39, 0.29) is 18.4 Å². The molecule has 0 saturated carbocycles. The average Bonchev–Trinajstić information content (AvgIpc) is 3.25. The molecule has 0 unspecified atom stereocenters. The molecule has 1 aliphatic heterocycles. The minimum absolute atomic E-state index is 0.0632. The number of imidazole rings is 1. The van der Waals surface area contributed by atoms with Gasteiger partial charge >= 0.3 is 0 Å². The predicted molar refractivity (Wildman–Crippen MR) is 111 cm³/mol. The highest BCUT2D eigenvalue weighted by Crippen LogP contribution is 2.22. The number of aryl methyl sites for hydroxylation is 2. The van der Waals surface area contributed by atoms with Crippen LogP contribution in [0.1, 0.15) is 25.5 Å². The van der Waals surface area contributed by atoms with Gasteiger partial charge in [-0.3, -0.25) is 4.79 Å². The second kappa shape index (κ2) is 8.03. The number of aromatic nitrogens is 6. The van der Waals surface area contributed by atoms with Gasteiger partial charge in [0.1, 0.15) is 12.4 Å². The monoisotopic (exact) mass is 398 g/mol. The molecular weight excluding hydrogens is 372 g/mol. The molecule has 3 aromatic heterocycles. The van der Waals surface area contributed by atoms with Crippen LogP contribution in [0.15, 0.2) is 12.4 Å². The standard InChI is InChI=1S/C18H26N10O/c1-3-28-13(8-11(2)26-28)23-14(29)9-27-10-21-15-16(24-18(19)25-17(15)27)22-12-4-6-20-7-5-12/h8,10,12,20H,3-7,9H2,1-2H3,(H,23,29)(H3,19,22,24,25). The van der Waals surface area contributed by atoms with E-state index in [9.17, 15) is 4.79 Å². The van der Waals surface area contributed by atoms with Gasteiger partial charge in [-0.2, -0.15) is 15.1 Å². The normalized spacial score (nSPS) is 15.0. The van der Waals surface area contributed by atoms with E-state index >= 15 is 0 Å². The van der Waals surface area contributed by atoms with Crippen LogP contribution in [0.25, 0.3) is 11.2 Å². The Morgan fingerprint density at radius 2 is 2.14 bits per heavy atom. The highest BCUT2D eigenvalue weighted by molar-refractivity contribution is 5.91. The van der Waals surface area contributed by atoms with Gasteiger partial charge in [-0.05, 0) is 39.8 Å². The number of carbonyl (C=O) groups excluding carboxylic acids is 1. The second-order valence-corrected chi connectivity index (χ2v) is 7.18. The zero-order chi connectivity index (χ0) is 20.4. The Bertz CT molecular complexity index is 1020. The summed E-state index contributed by atoms with van der Waals surface area (Å²) in [6, 6.07) is 2.15. The lowest BCUT2D eigenvalue weighted by molar-refractivity contribution is -0.116. The number of carbonyl (C=O) groups is 1. The number of hydrogen-bond acceptors (Lipinski definition) is 8. The van der Waals surface area contributed by atoms with E-state index in [2.05, 4.69) is 36.0 Å². The third-order valence-electron chi connectivity index (χ3n) is 4.94. The molecule has 0 aromatic carbocycles. The zero-order valence-electron chi connectivity index (χ0n) is 16.6. The van der Waals surface area contributed by atoms with Crippen LogP contribution in [0.4, 0.5) is 17.6 Å². The summed E-state index contributed by atoms with van der Waals surface area (Å²) in [5, 5.41) is 14.0. The molecule has 1 saturated heterocycles. The van der Waals surface area contributed by atoms with E-state index in [1.807, 2.05) is 19.9 Å². The van der Waals surface area contributed by atoms with Crippen molar-refractivity contribution >= 4 is 34.7 Å². The first-order chi connectivity index (χ1) is 14.0. The van der Waals surface area contributed by atoms with Gasteiger partial charge in [-0.25, -0.2) is 9.67 Å². The van der Waals surface area contributed by atoms with Gasteiger partial charge in [-0.1, -0.05) is 0 Å². The van der Waals surface area contributed by atoms with Gasteiger partial charge in [0.05, 0.1) is 12.0 Å². The quantitative estimate of drug-likeness (QED) is 0.476. The first kappa shape index (κ1) is 19.1. The van der Waals surface area contributed by atoms with Crippen LogP contribution >= 0.6 is 0 Å². The fourth-order valence-corrected chi connectivity index (χ4v) is 3.56. The molecule has 0 bridgehead atoms. The van der Waals surface area contributed by atoms with Crippen molar-refractivity contribution in [1.29, 1.82) is 0 Å². The number of rotatable bonds is 6. The van der Waals surface area contributed by atoms with Gasteiger partial charge in [0, 0.05) is 18.7 Å². The maximum absolute atomic E-state index is 12.6. The Morgan fingerprint density at radius 3 is 2.90 bits per heavy atom. The summed E-state index contributed by atoms with van der Waals surface area (Å²) in [4.78, 5) is 25.7. The lowest BCUT2D eigenvalue weighted by Gasteiger charge is -2.24. The molecule has 1 amide bonds. The van der Waals surface area contributed by atoms with Crippen LogP contribution < -0.4 is 21.7 Å². The van der Waals surface area contributed by atoms with Crippen molar-refractivity contribution in [3.05, 3.63) is 18.1 Å². The Morgan fingerprint density at radius 1 is 1.34 bits per heavy atom. The Balaban J connectivity index is 1.54. The van der Waals surface area contributed by atoms with Crippen LogP contribution in [0.3, 0.4) is 0 Å². The van der Waals surface area contributed by atoms with Gasteiger partial charge < -0.3 is 26.3 Å². The van der Waals surface area contributed by atoms with E-state index in [1.54, 1.807) is 15.6 Å². The SMILES string of the molecule is CCn1nc(C)cc1NC(=O)Cn1cnc2c(NC3CCNCC3)nc(N)nc21. The van der Waals surface area contributed by atoms with Crippen LogP contribution in [0.5, 0.6) is 0 Å². The summed E-state index contributed by atoms with van der Waals surface area (Å²) < 4.78 is 3.43. The van der Waals surface area contributed by atoms with E-state index in [0.717, 1.165) is 31.6 Å². The van der Waals surface area contributed by atoms with E-state index in [0.29, 0.717) is 35.4 Å². The first-order valence-electron chi connectivity index (χ1n) is 9.83. The molecule has 154 valence electrons. The fourth-order valence-electron chi connectivity index (χ4n) is 3.56. The van der Waals surface area contributed by atoms with Gasteiger partial charge in [0.15, 0.2) is 17.0 Å². The molecule has 0 radical (unpaired) electrons. The Labute approximate surface area is 168 Å². The fraction of sp³-hybridized carbons (Fsp3) is 0.500. The largest absolute Gasteiger partial charge is 0.368 e. The molecule has 0 atom stereocenters. The molecule has 0 aliphatic carbocycles. The maximum Gasteiger partial charge on any atom is 0.245 e. The number of anilines is 3. The summed E-state index contributed by atoms with van der Waals surface area (Å²) in [5.41, 5.74) is 7.92. The summed E-state index contributed by atoms with van der Waals surface area (Å²) in [6.45, 7) is 6.53. The number of nitrogens with zero attached hydrogens (tertiary/aromatic N) is 6. The highest BCUT2D eigenvalue weighted by Gasteiger charge is 2.19. The summed E-state index contributed by atoms with van der Waals surface area (Å²) in [6.07, 6.45) is 3.59. The van der Waals surface area contributed by atoms with Crippen LogP contribution in [0.2, 0.25) is 0 Å². The van der Waals surface area contributed by atoms with E-state index in [1.165, 1.54) is 0 Å². The van der Waals surface area contributed by atoms with Crippen molar-refractivity contribution < 1.29 is 4.79 Å². The molecule has 5 N–H and O–H groups in total. The first-order valence-corrected chi connectivity index (χ1v) is 9.83. The lowest BCUT2D eigenvalue weighted by atomic mass is 10.1. The number of nitrogens with one attached hydrogen (secondary N) is 3. The van der Waals surface area contributed by atoms with Crippen molar-refractivity contribution in [2.45, 2.75) is 45.8 Å². The van der Waals surface area contributed by atoms with Crippen LogP contribution in [-0.4, -0.2) is 54.3 Å². The smallest absolute Gasteiger partial charge is 0.245 e. The summed E-state index contributed by atoms with van der Waals surface area (Å²) in [5.74, 6) is 1.24. The number of nitrogens with two attached hydrogens (primary N) is 1. The summed E-state index contributed by atoms with van der Waals surface area (Å²) >= 11 is 0. The molecule has 11 heteroatoms. The number of piperidine rings is 1. The number of nitrogen functional groups attached to an aromatic ring is 1. The van der Waals surface area contributed by atoms with Crippen molar-refractivity contribution in [2.24, 2.45) is 0 Å². The lowest BCUT2D eigenvalue weighted by Crippen LogP contribution is -2.35. The third kappa shape index (κ3) is 4.14. The molecule has 1 fully saturated rings. The molecule has 4 rings (SSSR count). The van der Waals surface area contributed by atoms with Gasteiger partial charge in [0.2, 0.25) is 11.9 Å². The van der Waals surface area contributed by atoms with E-state index < -0.39 is 0 Å². The molecule has 29 heavy (non-hydrogen) atoms. The van der Waals surface area contributed by atoms with E-state index in [4.69, 9.17) is 5.73 Å². The molecular formula is C18H26N10O. The second-order valence-electron chi connectivity index (χ2n) is 7.18. The van der Waals surface area contributed by atoms with Crippen molar-refractivity contribution in [1.82, 2.24) is 34.6 Å². The Hall–Kier alpha value is -3.21. The third-order valence-corrected chi connectivity index (χ3v) is 4.94. The van der Waals surface area contributed by atoms with Gasteiger partial charge in [-0.15, -0.1) is 0 Å². The predicted octanol–water partition coefficient (Wildman–Crippen LogP) is 0.736. The van der Waals surface area contributed by atoms with Crippen molar-refractivity contribution in [2.75, 3.05) is 29.5 Å². The van der Waals surface area contributed by atoms with Crippen LogP contribution in [-0.2, 0) is 17.9 Å². The zero-order valence-corrected chi connectivity index (χ0v) is 16.6.